The fourth-order valence-corrected chi connectivity index (χ4v) is 1.76. The van der Waals surface area contributed by atoms with Crippen molar-refractivity contribution in [3.8, 4) is 0 Å². The van der Waals surface area contributed by atoms with Gasteiger partial charge >= 0.3 is 12.1 Å². The Morgan fingerprint density at radius 1 is 1.28 bits per heavy atom. The second-order valence-corrected chi connectivity index (χ2v) is 3.79. The monoisotopic (exact) mass is 253 g/mol. The molecule has 0 fully saturated rings. The highest BCUT2D eigenvalue weighted by Crippen LogP contribution is 2.25. The molecule has 1 aliphatic heterocycles. The van der Waals surface area contributed by atoms with Crippen LogP contribution in [0, 0.1) is 0 Å². The molecule has 1 aliphatic rings. The smallest absolute Gasteiger partial charge is 0.373 e. The Labute approximate surface area is 107 Å². The first-order chi connectivity index (χ1) is 8.51. The third kappa shape index (κ3) is 4.55. The van der Waals surface area contributed by atoms with E-state index in [1.807, 2.05) is 20.8 Å². The summed E-state index contributed by atoms with van der Waals surface area (Å²) < 4.78 is 5.02. The van der Waals surface area contributed by atoms with Gasteiger partial charge in [0, 0.05) is 17.8 Å². The van der Waals surface area contributed by atoms with Crippen LogP contribution >= 0.6 is 0 Å². The molecule has 0 aromatic rings. The van der Waals surface area contributed by atoms with E-state index in [1.54, 1.807) is 0 Å². The molecule has 0 aromatic carbocycles. The number of dihydropyridines is 1. The van der Waals surface area contributed by atoms with Crippen LogP contribution in [0.4, 0.5) is 0 Å². The predicted molar refractivity (Wildman–Crippen MR) is 65.1 cm³/mol. The lowest BCUT2D eigenvalue weighted by Gasteiger charge is -2.22. The summed E-state index contributed by atoms with van der Waals surface area (Å²) in [6.07, 6.45) is 1.94. The molecule has 5 nitrogen and oxygen atoms in total. The SMILES string of the molecule is CCOC(=O)C1=C(C)NC(C)=C(CC)C1.O=C=O. The maximum Gasteiger partial charge on any atom is 0.373 e. The largest absolute Gasteiger partial charge is 0.463 e. The normalized spacial score (nSPS) is 14.2. The number of allylic oxidation sites excluding steroid dienone is 3. The Kier molecular flexibility index (Phi) is 7.40. The minimum absolute atomic E-state index is 0.194. The van der Waals surface area contributed by atoms with Gasteiger partial charge in [-0.15, -0.1) is 0 Å². The molecule has 5 heteroatoms. The molecule has 0 saturated heterocycles. The topological polar surface area (TPSA) is 72.5 Å². The summed E-state index contributed by atoms with van der Waals surface area (Å²) in [5.74, 6) is -0.194. The molecule has 18 heavy (non-hydrogen) atoms. The summed E-state index contributed by atoms with van der Waals surface area (Å²) in [6.45, 7) is 8.32. The van der Waals surface area contributed by atoms with Crippen molar-refractivity contribution < 1.29 is 19.1 Å². The number of ether oxygens (including phenoxy) is 1. The lowest BCUT2D eigenvalue weighted by molar-refractivity contribution is -0.191. The van der Waals surface area contributed by atoms with E-state index in [1.165, 1.54) is 11.3 Å². The molecule has 0 unspecified atom stereocenters. The Morgan fingerprint density at radius 2 is 1.83 bits per heavy atom. The van der Waals surface area contributed by atoms with Gasteiger partial charge in [-0.05, 0) is 32.8 Å². The first kappa shape index (κ1) is 16.1. The summed E-state index contributed by atoms with van der Waals surface area (Å²) in [5, 5.41) is 3.23. The van der Waals surface area contributed by atoms with E-state index < -0.39 is 0 Å². The van der Waals surface area contributed by atoms with Crippen LogP contribution in [-0.4, -0.2) is 18.7 Å². The van der Waals surface area contributed by atoms with Crippen molar-refractivity contribution >= 4 is 12.1 Å². The summed E-state index contributed by atoms with van der Waals surface area (Å²) in [6, 6.07) is 0. The number of carbonyl (C=O) groups is 1. The molecule has 1 rings (SSSR count). The van der Waals surface area contributed by atoms with Gasteiger partial charge in [-0.3, -0.25) is 0 Å². The van der Waals surface area contributed by atoms with Crippen LogP contribution in [0.25, 0.3) is 0 Å². The van der Waals surface area contributed by atoms with Gasteiger partial charge in [0.1, 0.15) is 0 Å². The van der Waals surface area contributed by atoms with E-state index in [2.05, 4.69) is 12.2 Å². The van der Waals surface area contributed by atoms with Crippen LogP contribution < -0.4 is 5.32 Å². The molecule has 0 radical (unpaired) electrons. The Bertz CT molecular complexity index is 401. The molecule has 0 amide bonds. The third-order valence-corrected chi connectivity index (χ3v) is 2.70. The second-order valence-electron chi connectivity index (χ2n) is 3.79. The third-order valence-electron chi connectivity index (χ3n) is 2.70. The summed E-state index contributed by atoms with van der Waals surface area (Å²) >= 11 is 0. The van der Waals surface area contributed by atoms with Crippen molar-refractivity contribution in [1.29, 1.82) is 0 Å². The van der Waals surface area contributed by atoms with E-state index in [-0.39, 0.29) is 12.1 Å². The quantitative estimate of drug-likeness (QED) is 0.778. The fourth-order valence-electron chi connectivity index (χ4n) is 1.76. The maximum absolute atomic E-state index is 11.6. The molecule has 0 aromatic heterocycles. The lowest BCUT2D eigenvalue weighted by atomic mass is 9.96. The highest BCUT2D eigenvalue weighted by atomic mass is 16.5. The molecule has 0 aliphatic carbocycles. The lowest BCUT2D eigenvalue weighted by Crippen LogP contribution is -2.23. The average molecular weight is 253 g/mol. The van der Waals surface area contributed by atoms with Crippen LogP contribution in [0.2, 0.25) is 0 Å². The van der Waals surface area contributed by atoms with Crippen molar-refractivity contribution in [3.05, 3.63) is 22.5 Å². The summed E-state index contributed by atoms with van der Waals surface area (Å²) in [7, 11) is 0. The Balaban J connectivity index is 0.000000873. The molecule has 0 atom stereocenters. The van der Waals surface area contributed by atoms with Crippen molar-refractivity contribution in [2.45, 2.75) is 40.5 Å². The molecular formula is C13H19NO4. The van der Waals surface area contributed by atoms with Gasteiger partial charge in [0.25, 0.3) is 0 Å². The molecule has 0 saturated carbocycles. The van der Waals surface area contributed by atoms with Gasteiger partial charge in [-0.2, -0.15) is 9.59 Å². The van der Waals surface area contributed by atoms with Crippen LogP contribution in [0.3, 0.4) is 0 Å². The van der Waals surface area contributed by atoms with Crippen molar-refractivity contribution in [1.82, 2.24) is 5.32 Å². The second kappa shape index (κ2) is 8.25. The van der Waals surface area contributed by atoms with E-state index in [0.717, 1.165) is 24.1 Å². The van der Waals surface area contributed by atoms with E-state index in [4.69, 9.17) is 14.3 Å². The average Bonchev–Trinajstić information content (AvgIpc) is 2.30. The number of nitrogens with one attached hydrogen (secondary N) is 1. The van der Waals surface area contributed by atoms with E-state index in [0.29, 0.717) is 6.61 Å². The minimum atomic E-state index is -0.194. The zero-order valence-electron chi connectivity index (χ0n) is 11.3. The fraction of sp³-hybridized carbons (Fsp3) is 0.538. The van der Waals surface area contributed by atoms with Gasteiger partial charge in [-0.25, -0.2) is 4.79 Å². The molecule has 1 N–H and O–H groups in total. The summed E-state index contributed by atoms with van der Waals surface area (Å²) in [4.78, 5) is 27.9. The number of hydrogen-bond acceptors (Lipinski definition) is 5. The van der Waals surface area contributed by atoms with Crippen molar-refractivity contribution in [2.24, 2.45) is 0 Å². The Hall–Kier alpha value is -1.87. The molecule has 0 spiro atoms. The van der Waals surface area contributed by atoms with Gasteiger partial charge in [0.2, 0.25) is 0 Å². The van der Waals surface area contributed by atoms with E-state index >= 15 is 0 Å². The molecule has 1 heterocycles. The van der Waals surface area contributed by atoms with Crippen molar-refractivity contribution in [3.63, 3.8) is 0 Å². The zero-order valence-corrected chi connectivity index (χ0v) is 11.3. The molecule has 0 bridgehead atoms. The van der Waals surface area contributed by atoms with Crippen LogP contribution in [0.1, 0.15) is 40.5 Å². The maximum atomic E-state index is 11.6. The zero-order chi connectivity index (χ0) is 14.1. The van der Waals surface area contributed by atoms with Gasteiger partial charge in [0.15, 0.2) is 0 Å². The summed E-state index contributed by atoms with van der Waals surface area (Å²) in [5.41, 5.74) is 4.13. The van der Waals surface area contributed by atoms with Gasteiger partial charge in [0.05, 0.1) is 12.2 Å². The van der Waals surface area contributed by atoms with Gasteiger partial charge in [-0.1, -0.05) is 6.92 Å². The molecular weight excluding hydrogens is 234 g/mol. The first-order valence-corrected chi connectivity index (χ1v) is 5.83. The van der Waals surface area contributed by atoms with Crippen LogP contribution in [0.15, 0.2) is 22.5 Å². The van der Waals surface area contributed by atoms with Crippen LogP contribution in [0.5, 0.6) is 0 Å². The highest BCUT2D eigenvalue weighted by Gasteiger charge is 2.20. The number of esters is 1. The first-order valence-electron chi connectivity index (χ1n) is 5.83. The van der Waals surface area contributed by atoms with Crippen molar-refractivity contribution in [2.75, 3.05) is 6.61 Å². The Morgan fingerprint density at radius 3 is 2.28 bits per heavy atom. The standard InChI is InChI=1S/C12H19NO2.CO2/c1-5-10-7-11(12(14)15-6-2)9(4)13-8(10)3;2-1-3/h13H,5-7H2,1-4H3;. The highest BCUT2D eigenvalue weighted by molar-refractivity contribution is 5.90. The molecule has 100 valence electrons. The number of hydrogen-bond donors (Lipinski definition) is 1. The van der Waals surface area contributed by atoms with Gasteiger partial charge < -0.3 is 10.1 Å². The van der Waals surface area contributed by atoms with E-state index in [9.17, 15) is 4.79 Å². The number of rotatable bonds is 3. The van der Waals surface area contributed by atoms with Crippen LogP contribution in [-0.2, 0) is 19.1 Å². The number of carbonyl (C=O) groups excluding carboxylic acids is 3. The minimum Gasteiger partial charge on any atom is -0.463 e. The predicted octanol–water partition coefficient (Wildman–Crippen LogP) is 1.92.